The first kappa shape index (κ1) is 19.4. The molecule has 0 aliphatic carbocycles. The van der Waals surface area contributed by atoms with Crippen molar-refractivity contribution in [2.45, 2.75) is 33.6 Å². The number of rotatable bonds is 10. The molecule has 0 heterocycles. The van der Waals surface area contributed by atoms with E-state index in [9.17, 15) is 4.79 Å². The molecule has 1 amide bonds. The molecular weight excluding hydrogens is 284 g/mol. The lowest BCUT2D eigenvalue weighted by atomic mass is 9.90. The van der Waals surface area contributed by atoms with Gasteiger partial charge in [-0.15, -0.1) is 0 Å². The van der Waals surface area contributed by atoms with E-state index in [1.807, 2.05) is 37.1 Å². The Bertz CT molecular complexity index is 480. The topological polar surface area (TPSA) is 23.6 Å². The number of hydrogen-bond donors (Lipinski definition) is 0. The van der Waals surface area contributed by atoms with Gasteiger partial charge in [0, 0.05) is 26.6 Å². The van der Waals surface area contributed by atoms with Gasteiger partial charge in [-0.05, 0) is 37.9 Å². The molecule has 0 spiro atoms. The van der Waals surface area contributed by atoms with E-state index in [1.54, 1.807) is 0 Å². The molecule has 1 aromatic rings. The third kappa shape index (κ3) is 7.00. The maximum Gasteiger partial charge on any atom is 0.222 e. The van der Waals surface area contributed by atoms with Crippen molar-refractivity contribution < 1.29 is 4.79 Å². The summed E-state index contributed by atoms with van der Waals surface area (Å²) in [7, 11) is 1.91. The number of nitrogens with zero attached hydrogens (tertiary/aromatic N) is 2. The molecule has 23 heavy (non-hydrogen) atoms. The first-order valence-corrected chi connectivity index (χ1v) is 8.63. The number of carbonyl (C=O) groups is 1. The van der Waals surface area contributed by atoms with Gasteiger partial charge >= 0.3 is 0 Å². The van der Waals surface area contributed by atoms with Crippen LogP contribution in [0.4, 0.5) is 0 Å². The van der Waals surface area contributed by atoms with Crippen molar-refractivity contribution >= 4 is 5.91 Å². The second-order valence-corrected chi connectivity index (χ2v) is 6.28. The number of carbonyl (C=O) groups excluding carboxylic acids is 1. The smallest absolute Gasteiger partial charge is 0.222 e. The lowest BCUT2D eigenvalue weighted by Crippen LogP contribution is -2.37. The van der Waals surface area contributed by atoms with E-state index in [1.165, 1.54) is 5.56 Å². The predicted octanol–water partition coefficient (Wildman–Crippen LogP) is 3.61. The van der Waals surface area contributed by atoms with Crippen LogP contribution < -0.4 is 0 Å². The SMILES string of the molecule is C=C(C)C(CC(=O)N(C)CCN(CC)CC)Cc1ccccc1. The van der Waals surface area contributed by atoms with Crippen LogP contribution in [0.2, 0.25) is 0 Å². The van der Waals surface area contributed by atoms with Crippen LogP contribution in [0.5, 0.6) is 0 Å². The summed E-state index contributed by atoms with van der Waals surface area (Å²) in [6.07, 6.45) is 1.42. The van der Waals surface area contributed by atoms with Crippen LogP contribution in [0, 0.1) is 5.92 Å². The molecule has 0 radical (unpaired) electrons. The summed E-state index contributed by atoms with van der Waals surface area (Å²) in [4.78, 5) is 16.7. The summed E-state index contributed by atoms with van der Waals surface area (Å²) >= 11 is 0. The minimum atomic E-state index is 0.209. The molecule has 0 aliphatic rings. The van der Waals surface area contributed by atoms with Gasteiger partial charge in [-0.25, -0.2) is 0 Å². The van der Waals surface area contributed by atoms with Crippen molar-refractivity contribution in [1.82, 2.24) is 9.80 Å². The third-order valence-electron chi connectivity index (χ3n) is 4.51. The maximum absolute atomic E-state index is 12.5. The number of benzene rings is 1. The molecule has 0 aromatic heterocycles. The summed E-state index contributed by atoms with van der Waals surface area (Å²) in [5, 5.41) is 0. The average Bonchev–Trinajstić information content (AvgIpc) is 2.55. The van der Waals surface area contributed by atoms with E-state index in [2.05, 4.69) is 37.5 Å². The van der Waals surface area contributed by atoms with Gasteiger partial charge in [0.1, 0.15) is 0 Å². The molecule has 3 heteroatoms. The van der Waals surface area contributed by atoms with Crippen LogP contribution >= 0.6 is 0 Å². The normalized spacial score (nSPS) is 12.2. The summed E-state index contributed by atoms with van der Waals surface area (Å²) in [5.41, 5.74) is 2.35. The minimum Gasteiger partial charge on any atom is -0.344 e. The molecule has 3 nitrogen and oxygen atoms in total. The standard InChI is InChI=1S/C20H32N2O/c1-6-22(7-2)14-13-21(5)20(23)16-19(17(3)4)15-18-11-9-8-10-12-18/h8-12,19H,3,6-7,13-16H2,1-2,4-5H3. The number of hydrogen-bond acceptors (Lipinski definition) is 2. The highest BCUT2D eigenvalue weighted by Crippen LogP contribution is 2.20. The quantitative estimate of drug-likeness (QED) is 0.616. The van der Waals surface area contributed by atoms with Crippen LogP contribution in [0.1, 0.15) is 32.8 Å². The zero-order valence-corrected chi connectivity index (χ0v) is 15.2. The molecule has 1 rings (SSSR count). The first-order chi connectivity index (χ1) is 11.0. The predicted molar refractivity (Wildman–Crippen MR) is 98.5 cm³/mol. The summed E-state index contributed by atoms with van der Waals surface area (Å²) in [6.45, 7) is 14.2. The second kappa shape index (κ2) is 10.2. The van der Waals surface area contributed by atoms with Gasteiger partial charge < -0.3 is 9.80 Å². The van der Waals surface area contributed by atoms with Gasteiger partial charge in [0.15, 0.2) is 0 Å². The summed E-state index contributed by atoms with van der Waals surface area (Å²) in [6, 6.07) is 10.3. The Hall–Kier alpha value is -1.61. The third-order valence-corrected chi connectivity index (χ3v) is 4.51. The first-order valence-electron chi connectivity index (χ1n) is 8.63. The Labute approximate surface area is 142 Å². The molecule has 0 saturated carbocycles. The van der Waals surface area contributed by atoms with Gasteiger partial charge in [-0.1, -0.05) is 56.3 Å². The Kier molecular flexibility index (Phi) is 8.64. The fourth-order valence-corrected chi connectivity index (χ4v) is 2.64. The minimum absolute atomic E-state index is 0.209. The van der Waals surface area contributed by atoms with E-state index in [0.29, 0.717) is 6.42 Å². The molecule has 0 bridgehead atoms. The Morgan fingerprint density at radius 2 is 1.74 bits per heavy atom. The van der Waals surface area contributed by atoms with E-state index < -0.39 is 0 Å². The molecule has 0 saturated heterocycles. The van der Waals surface area contributed by atoms with Crippen molar-refractivity contribution in [1.29, 1.82) is 0 Å². The molecule has 0 N–H and O–H groups in total. The largest absolute Gasteiger partial charge is 0.344 e. The van der Waals surface area contributed by atoms with Gasteiger partial charge in [0.2, 0.25) is 5.91 Å². The van der Waals surface area contributed by atoms with Crippen LogP contribution in [0.25, 0.3) is 0 Å². The van der Waals surface area contributed by atoms with E-state index in [4.69, 9.17) is 0 Å². The molecular formula is C20H32N2O. The fourth-order valence-electron chi connectivity index (χ4n) is 2.64. The van der Waals surface area contributed by atoms with Gasteiger partial charge in [0.25, 0.3) is 0 Å². The monoisotopic (exact) mass is 316 g/mol. The average molecular weight is 316 g/mol. The van der Waals surface area contributed by atoms with Crippen molar-refractivity contribution in [3.8, 4) is 0 Å². The summed E-state index contributed by atoms with van der Waals surface area (Å²) < 4.78 is 0. The lowest BCUT2D eigenvalue weighted by Gasteiger charge is -2.25. The van der Waals surface area contributed by atoms with Crippen LogP contribution in [0.15, 0.2) is 42.5 Å². The Morgan fingerprint density at radius 1 is 1.13 bits per heavy atom. The molecule has 128 valence electrons. The second-order valence-electron chi connectivity index (χ2n) is 6.28. The highest BCUT2D eigenvalue weighted by atomic mass is 16.2. The summed E-state index contributed by atoms with van der Waals surface area (Å²) in [5.74, 6) is 0.418. The highest BCUT2D eigenvalue weighted by Gasteiger charge is 2.18. The Morgan fingerprint density at radius 3 is 2.26 bits per heavy atom. The van der Waals surface area contributed by atoms with Gasteiger partial charge in [0.05, 0.1) is 0 Å². The van der Waals surface area contributed by atoms with Crippen molar-refractivity contribution in [2.24, 2.45) is 5.92 Å². The zero-order chi connectivity index (χ0) is 17.2. The Balaban J connectivity index is 2.55. The molecule has 1 atom stereocenters. The van der Waals surface area contributed by atoms with Crippen molar-refractivity contribution in [3.05, 3.63) is 48.0 Å². The molecule has 1 aromatic carbocycles. The lowest BCUT2D eigenvalue weighted by molar-refractivity contribution is -0.130. The molecule has 0 fully saturated rings. The van der Waals surface area contributed by atoms with Crippen molar-refractivity contribution in [3.63, 3.8) is 0 Å². The van der Waals surface area contributed by atoms with Crippen LogP contribution in [-0.4, -0.2) is 48.9 Å². The maximum atomic E-state index is 12.5. The van der Waals surface area contributed by atoms with Crippen LogP contribution in [-0.2, 0) is 11.2 Å². The molecule has 1 unspecified atom stereocenters. The number of allylic oxidation sites excluding steroid dienone is 1. The van der Waals surface area contributed by atoms with Crippen LogP contribution in [0.3, 0.4) is 0 Å². The zero-order valence-electron chi connectivity index (χ0n) is 15.2. The van der Waals surface area contributed by atoms with E-state index in [-0.39, 0.29) is 11.8 Å². The molecule has 0 aliphatic heterocycles. The van der Waals surface area contributed by atoms with Gasteiger partial charge in [-0.2, -0.15) is 0 Å². The van der Waals surface area contributed by atoms with E-state index >= 15 is 0 Å². The fraction of sp³-hybridized carbons (Fsp3) is 0.550. The highest BCUT2D eigenvalue weighted by molar-refractivity contribution is 5.76. The number of likely N-dealkylation sites (N-methyl/N-ethyl adjacent to an activating group) is 2. The number of amides is 1. The van der Waals surface area contributed by atoms with E-state index in [0.717, 1.165) is 38.2 Å². The van der Waals surface area contributed by atoms with Crippen molar-refractivity contribution in [2.75, 3.05) is 33.2 Å². The van der Waals surface area contributed by atoms with Gasteiger partial charge in [-0.3, -0.25) is 4.79 Å².